The summed E-state index contributed by atoms with van der Waals surface area (Å²) in [5.41, 5.74) is 3.03. The van der Waals surface area contributed by atoms with Crippen LogP contribution < -0.4 is 5.32 Å². The molecule has 0 saturated carbocycles. The molecule has 21 heavy (non-hydrogen) atoms. The highest BCUT2D eigenvalue weighted by molar-refractivity contribution is 6.35. The van der Waals surface area contributed by atoms with E-state index >= 15 is 0 Å². The molecular weight excluding hydrogens is 303 g/mol. The minimum absolute atomic E-state index is 0.0700. The first-order valence-corrected chi connectivity index (χ1v) is 7.46. The molecule has 3 aromatic rings. The van der Waals surface area contributed by atoms with Crippen molar-refractivity contribution in [3.8, 4) is 0 Å². The Kier molecular flexibility index (Phi) is 4.00. The lowest BCUT2D eigenvalue weighted by Gasteiger charge is -2.18. The van der Waals surface area contributed by atoms with Gasteiger partial charge in [0.05, 0.1) is 11.6 Å². The summed E-state index contributed by atoms with van der Waals surface area (Å²) in [7, 11) is 0. The molecule has 2 nitrogen and oxygen atoms in total. The third-order valence-electron chi connectivity index (χ3n) is 3.45. The van der Waals surface area contributed by atoms with Gasteiger partial charge in [-0.05, 0) is 36.8 Å². The van der Waals surface area contributed by atoms with Crippen molar-refractivity contribution in [3.63, 3.8) is 0 Å². The zero-order valence-corrected chi connectivity index (χ0v) is 13.0. The fraction of sp³-hybridized carbons (Fsp3) is 0.118. The van der Waals surface area contributed by atoms with Crippen LogP contribution in [0.25, 0.3) is 10.9 Å². The van der Waals surface area contributed by atoms with Crippen LogP contribution in [0.2, 0.25) is 10.0 Å². The van der Waals surface area contributed by atoms with Crippen molar-refractivity contribution in [2.45, 2.75) is 13.0 Å². The molecule has 0 spiro atoms. The lowest BCUT2D eigenvalue weighted by molar-refractivity contribution is 0.887. The summed E-state index contributed by atoms with van der Waals surface area (Å²) in [6.45, 7) is 2.07. The number of fused-ring (bicyclic) bond motifs is 1. The SMILES string of the molecule is CC(Nc1ccnc2ccccc12)c1ccc(Cl)cc1Cl. The molecule has 0 bridgehead atoms. The Bertz CT molecular complexity index is 781. The first kappa shape index (κ1) is 14.2. The van der Waals surface area contributed by atoms with Crippen LogP contribution in [0.3, 0.4) is 0 Å². The number of anilines is 1. The highest BCUT2D eigenvalue weighted by atomic mass is 35.5. The molecule has 1 aromatic heterocycles. The van der Waals surface area contributed by atoms with Crippen LogP contribution in [0.1, 0.15) is 18.5 Å². The number of hydrogen-bond acceptors (Lipinski definition) is 2. The number of aromatic nitrogens is 1. The lowest BCUT2D eigenvalue weighted by atomic mass is 10.1. The summed E-state index contributed by atoms with van der Waals surface area (Å²) in [5, 5.41) is 5.90. The molecule has 1 N–H and O–H groups in total. The Morgan fingerprint density at radius 2 is 1.86 bits per heavy atom. The molecule has 2 aromatic carbocycles. The maximum atomic E-state index is 6.27. The van der Waals surface area contributed by atoms with Crippen molar-refractivity contribution in [3.05, 3.63) is 70.3 Å². The molecule has 0 aliphatic heterocycles. The zero-order chi connectivity index (χ0) is 14.8. The van der Waals surface area contributed by atoms with Gasteiger partial charge in [-0.2, -0.15) is 0 Å². The molecular formula is C17H14Cl2N2. The third kappa shape index (κ3) is 2.97. The van der Waals surface area contributed by atoms with E-state index in [-0.39, 0.29) is 6.04 Å². The van der Waals surface area contributed by atoms with Gasteiger partial charge in [-0.25, -0.2) is 0 Å². The van der Waals surface area contributed by atoms with Crippen molar-refractivity contribution >= 4 is 39.8 Å². The smallest absolute Gasteiger partial charge is 0.0722 e. The summed E-state index contributed by atoms with van der Waals surface area (Å²) >= 11 is 12.2. The second-order valence-electron chi connectivity index (χ2n) is 4.91. The normalized spacial score (nSPS) is 12.3. The van der Waals surface area contributed by atoms with Gasteiger partial charge in [0.15, 0.2) is 0 Å². The number of halogens is 2. The Balaban J connectivity index is 1.94. The molecule has 0 aliphatic rings. The molecule has 0 amide bonds. The van der Waals surface area contributed by atoms with E-state index in [0.29, 0.717) is 10.0 Å². The van der Waals surface area contributed by atoms with Crippen molar-refractivity contribution in [1.82, 2.24) is 4.98 Å². The lowest BCUT2D eigenvalue weighted by Crippen LogP contribution is -2.07. The maximum Gasteiger partial charge on any atom is 0.0722 e. The van der Waals surface area contributed by atoms with Crippen LogP contribution in [0.4, 0.5) is 5.69 Å². The highest BCUT2D eigenvalue weighted by Gasteiger charge is 2.11. The van der Waals surface area contributed by atoms with E-state index in [0.717, 1.165) is 22.2 Å². The van der Waals surface area contributed by atoms with Gasteiger partial charge in [-0.15, -0.1) is 0 Å². The number of benzene rings is 2. The van der Waals surface area contributed by atoms with Crippen LogP contribution in [0.15, 0.2) is 54.7 Å². The highest BCUT2D eigenvalue weighted by Crippen LogP contribution is 2.30. The van der Waals surface area contributed by atoms with Gasteiger partial charge in [0.25, 0.3) is 0 Å². The maximum absolute atomic E-state index is 6.27. The van der Waals surface area contributed by atoms with Gasteiger partial charge in [0.2, 0.25) is 0 Å². The van der Waals surface area contributed by atoms with Crippen molar-refractivity contribution < 1.29 is 0 Å². The molecule has 1 unspecified atom stereocenters. The van der Waals surface area contributed by atoms with E-state index < -0.39 is 0 Å². The van der Waals surface area contributed by atoms with Crippen LogP contribution in [0.5, 0.6) is 0 Å². The molecule has 3 rings (SSSR count). The van der Waals surface area contributed by atoms with Crippen LogP contribution in [-0.2, 0) is 0 Å². The van der Waals surface area contributed by atoms with E-state index in [4.69, 9.17) is 23.2 Å². The monoisotopic (exact) mass is 316 g/mol. The van der Waals surface area contributed by atoms with Gasteiger partial charge < -0.3 is 5.32 Å². The fourth-order valence-corrected chi connectivity index (χ4v) is 2.96. The average Bonchev–Trinajstić information content (AvgIpc) is 2.47. The number of nitrogens with zero attached hydrogens (tertiary/aromatic N) is 1. The summed E-state index contributed by atoms with van der Waals surface area (Å²) < 4.78 is 0. The number of nitrogens with one attached hydrogen (secondary N) is 1. The van der Waals surface area contributed by atoms with E-state index in [2.05, 4.69) is 23.3 Å². The van der Waals surface area contributed by atoms with Crippen LogP contribution in [0, 0.1) is 0 Å². The molecule has 1 atom stereocenters. The summed E-state index contributed by atoms with van der Waals surface area (Å²) in [6.07, 6.45) is 1.81. The standard InChI is InChI=1S/C17H14Cl2N2/c1-11(13-7-6-12(18)10-15(13)19)21-17-8-9-20-16-5-3-2-4-14(16)17/h2-11H,1H3,(H,20,21). The second kappa shape index (κ2) is 5.92. The van der Waals surface area contributed by atoms with E-state index in [1.807, 2.05) is 36.4 Å². The van der Waals surface area contributed by atoms with Crippen molar-refractivity contribution in [2.24, 2.45) is 0 Å². The Morgan fingerprint density at radius 3 is 2.67 bits per heavy atom. The number of pyridine rings is 1. The topological polar surface area (TPSA) is 24.9 Å². The second-order valence-corrected chi connectivity index (χ2v) is 5.75. The van der Waals surface area contributed by atoms with Gasteiger partial charge in [0, 0.05) is 27.3 Å². The zero-order valence-electron chi connectivity index (χ0n) is 11.5. The Labute approximate surface area is 133 Å². The number of hydrogen-bond donors (Lipinski definition) is 1. The Morgan fingerprint density at radius 1 is 1.05 bits per heavy atom. The molecule has 1 heterocycles. The van der Waals surface area contributed by atoms with E-state index in [9.17, 15) is 0 Å². The summed E-state index contributed by atoms with van der Waals surface area (Å²) in [6, 6.07) is 15.7. The first-order chi connectivity index (χ1) is 10.1. The summed E-state index contributed by atoms with van der Waals surface area (Å²) in [5.74, 6) is 0. The number of rotatable bonds is 3. The van der Waals surface area contributed by atoms with E-state index in [1.165, 1.54) is 0 Å². The molecule has 106 valence electrons. The predicted octanol–water partition coefficient (Wildman–Crippen LogP) is 5.71. The minimum Gasteiger partial charge on any atom is -0.378 e. The summed E-state index contributed by atoms with van der Waals surface area (Å²) in [4.78, 5) is 4.37. The first-order valence-electron chi connectivity index (χ1n) is 6.70. The fourth-order valence-electron chi connectivity index (χ4n) is 2.39. The molecule has 0 fully saturated rings. The average molecular weight is 317 g/mol. The largest absolute Gasteiger partial charge is 0.378 e. The van der Waals surface area contributed by atoms with Crippen LogP contribution in [-0.4, -0.2) is 4.98 Å². The molecule has 0 saturated heterocycles. The van der Waals surface area contributed by atoms with Gasteiger partial charge in [0.1, 0.15) is 0 Å². The molecule has 0 radical (unpaired) electrons. The number of para-hydroxylation sites is 1. The molecule has 0 aliphatic carbocycles. The van der Waals surface area contributed by atoms with E-state index in [1.54, 1.807) is 12.3 Å². The van der Waals surface area contributed by atoms with Crippen molar-refractivity contribution in [2.75, 3.05) is 5.32 Å². The third-order valence-corrected chi connectivity index (χ3v) is 4.01. The quantitative estimate of drug-likeness (QED) is 0.669. The predicted molar refractivity (Wildman–Crippen MR) is 90.2 cm³/mol. The van der Waals surface area contributed by atoms with Gasteiger partial charge >= 0.3 is 0 Å². The van der Waals surface area contributed by atoms with Gasteiger partial charge in [-0.1, -0.05) is 47.5 Å². The van der Waals surface area contributed by atoms with Crippen LogP contribution >= 0.6 is 23.2 Å². The minimum atomic E-state index is 0.0700. The molecule has 4 heteroatoms. The Hall–Kier alpha value is -1.77. The van der Waals surface area contributed by atoms with Crippen molar-refractivity contribution in [1.29, 1.82) is 0 Å². The van der Waals surface area contributed by atoms with Gasteiger partial charge in [-0.3, -0.25) is 4.98 Å².